The molecule has 1 aliphatic rings. The highest BCUT2D eigenvalue weighted by molar-refractivity contribution is 5.31. The summed E-state index contributed by atoms with van der Waals surface area (Å²) in [4.78, 5) is 16.4. The van der Waals surface area contributed by atoms with Crippen molar-refractivity contribution < 1.29 is 0 Å². The number of nitrogens with one attached hydrogen (secondary N) is 1. The third kappa shape index (κ3) is 3.39. The maximum Gasteiger partial charge on any atom is 0.293 e. The van der Waals surface area contributed by atoms with E-state index in [1.807, 2.05) is 13.8 Å². The topological polar surface area (TPSA) is 72.9 Å². The van der Waals surface area contributed by atoms with E-state index in [2.05, 4.69) is 10.3 Å². The van der Waals surface area contributed by atoms with Crippen LogP contribution in [0, 0.1) is 11.8 Å². The van der Waals surface area contributed by atoms with E-state index in [4.69, 9.17) is 5.73 Å². The van der Waals surface area contributed by atoms with Crippen LogP contribution in [-0.2, 0) is 0 Å². The van der Waals surface area contributed by atoms with Gasteiger partial charge in [0.1, 0.15) is 0 Å². The van der Waals surface area contributed by atoms with Crippen molar-refractivity contribution in [1.82, 2.24) is 9.55 Å². The van der Waals surface area contributed by atoms with Gasteiger partial charge in [-0.15, -0.1) is 0 Å². The zero-order valence-corrected chi connectivity index (χ0v) is 12.5. The fraction of sp³-hybridized carbons (Fsp3) is 0.733. The molecule has 5 heteroatoms. The molecule has 0 bridgehead atoms. The number of nitrogens with zero attached hydrogens (tertiary/aromatic N) is 2. The quantitative estimate of drug-likeness (QED) is 0.864. The molecule has 1 heterocycles. The maximum absolute atomic E-state index is 12.2. The molecule has 1 saturated carbocycles. The van der Waals surface area contributed by atoms with Crippen LogP contribution in [0.25, 0.3) is 0 Å². The van der Waals surface area contributed by atoms with E-state index in [0.717, 1.165) is 13.1 Å². The highest BCUT2D eigenvalue weighted by Crippen LogP contribution is 2.29. The van der Waals surface area contributed by atoms with Crippen LogP contribution in [0.5, 0.6) is 0 Å². The van der Waals surface area contributed by atoms with Crippen molar-refractivity contribution in [3.8, 4) is 0 Å². The van der Waals surface area contributed by atoms with E-state index in [0.29, 0.717) is 17.7 Å². The molecule has 2 rings (SSSR count). The Balaban J connectivity index is 2.03. The third-order valence-electron chi connectivity index (χ3n) is 4.33. The summed E-state index contributed by atoms with van der Waals surface area (Å²) >= 11 is 0. The van der Waals surface area contributed by atoms with E-state index < -0.39 is 0 Å². The summed E-state index contributed by atoms with van der Waals surface area (Å²) in [5.74, 6) is 1.59. The lowest BCUT2D eigenvalue weighted by atomic mass is 9.79. The van der Waals surface area contributed by atoms with Crippen LogP contribution in [-0.4, -0.2) is 22.6 Å². The second-order valence-electron chi connectivity index (χ2n) is 6.00. The Kier molecular flexibility index (Phi) is 5.17. The van der Waals surface area contributed by atoms with E-state index >= 15 is 0 Å². The summed E-state index contributed by atoms with van der Waals surface area (Å²) < 4.78 is 1.70. The molecule has 3 N–H and O–H groups in total. The molecule has 0 radical (unpaired) electrons. The van der Waals surface area contributed by atoms with Crippen LogP contribution in [0.4, 0.5) is 5.82 Å². The normalized spacial score (nSPS) is 23.0. The lowest BCUT2D eigenvalue weighted by Gasteiger charge is -2.30. The molecule has 1 fully saturated rings. The minimum absolute atomic E-state index is 0.0393. The average molecular weight is 278 g/mol. The van der Waals surface area contributed by atoms with Gasteiger partial charge in [0.25, 0.3) is 5.56 Å². The first kappa shape index (κ1) is 15.0. The standard InChI is InChI=1S/C15H26N4O/c1-11(2)19-8-7-17-14(15(19)20)18-10-13-6-4-3-5-12(13)9-16/h7-8,11-13H,3-6,9-10,16H2,1-2H3,(H,17,18). The van der Waals surface area contributed by atoms with Crippen molar-refractivity contribution in [3.63, 3.8) is 0 Å². The number of hydrogen-bond acceptors (Lipinski definition) is 4. The van der Waals surface area contributed by atoms with Gasteiger partial charge in [0.2, 0.25) is 0 Å². The van der Waals surface area contributed by atoms with Gasteiger partial charge >= 0.3 is 0 Å². The zero-order valence-electron chi connectivity index (χ0n) is 12.5. The van der Waals surface area contributed by atoms with Crippen LogP contribution in [0.2, 0.25) is 0 Å². The molecule has 1 aromatic rings. The average Bonchev–Trinajstić information content (AvgIpc) is 2.46. The summed E-state index contributed by atoms with van der Waals surface area (Å²) in [6.45, 7) is 5.53. The van der Waals surface area contributed by atoms with Crippen LogP contribution in [0.15, 0.2) is 17.2 Å². The Morgan fingerprint density at radius 2 is 2.10 bits per heavy atom. The van der Waals surface area contributed by atoms with Gasteiger partial charge in [0, 0.05) is 25.0 Å². The van der Waals surface area contributed by atoms with Gasteiger partial charge in [0.15, 0.2) is 5.82 Å². The van der Waals surface area contributed by atoms with Gasteiger partial charge in [-0.25, -0.2) is 4.98 Å². The third-order valence-corrected chi connectivity index (χ3v) is 4.33. The minimum atomic E-state index is -0.0393. The van der Waals surface area contributed by atoms with E-state index in [1.165, 1.54) is 25.7 Å². The molecular formula is C15H26N4O. The van der Waals surface area contributed by atoms with Crippen molar-refractivity contribution in [2.24, 2.45) is 17.6 Å². The first-order chi connectivity index (χ1) is 9.63. The lowest BCUT2D eigenvalue weighted by molar-refractivity contribution is 0.255. The summed E-state index contributed by atoms with van der Waals surface area (Å²) in [6, 6.07) is 0.150. The van der Waals surface area contributed by atoms with Crippen molar-refractivity contribution in [2.75, 3.05) is 18.4 Å². The fourth-order valence-electron chi connectivity index (χ4n) is 3.04. The largest absolute Gasteiger partial charge is 0.365 e. The Hall–Kier alpha value is -1.36. The van der Waals surface area contributed by atoms with Gasteiger partial charge in [0.05, 0.1) is 0 Å². The van der Waals surface area contributed by atoms with Crippen LogP contribution in [0.3, 0.4) is 0 Å². The van der Waals surface area contributed by atoms with Gasteiger partial charge in [-0.2, -0.15) is 0 Å². The maximum atomic E-state index is 12.2. The molecule has 1 aromatic heterocycles. The van der Waals surface area contributed by atoms with E-state index in [-0.39, 0.29) is 11.6 Å². The SMILES string of the molecule is CC(C)n1ccnc(NCC2CCCCC2CN)c1=O. The molecule has 112 valence electrons. The molecule has 5 nitrogen and oxygen atoms in total. The molecule has 0 saturated heterocycles. The molecule has 0 aliphatic heterocycles. The number of rotatable bonds is 5. The van der Waals surface area contributed by atoms with Gasteiger partial charge < -0.3 is 15.6 Å². The smallest absolute Gasteiger partial charge is 0.293 e. The second kappa shape index (κ2) is 6.88. The monoisotopic (exact) mass is 278 g/mol. The summed E-state index contributed by atoms with van der Waals surface area (Å²) in [5.41, 5.74) is 5.81. The fourth-order valence-corrected chi connectivity index (χ4v) is 3.04. The van der Waals surface area contributed by atoms with Gasteiger partial charge in [-0.05, 0) is 45.1 Å². The van der Waals surface area contributed by atoms with Crippen LogP contribution < -0.4 is 16.6 Å². The van der Waals surface area contributed by atoms with E-state index in [1.54, 1.807) is 17.0 Å². The van der Waals surface area contributed by atoms with Crippen LogP contribution >= 0.6 is 0 Å². The first-order valence-corrected chi connectivity index (χ1v) is 7.64. The Morgan fingerprint density at radius 3 is 2.75 bits per heavy atom. The first-order valence-electron chi connectivity index (χ1n) is 7.64. The number of aromatic nitrogens is 2. The summed E-state index contributed by atoms with van der Waals surface area (Å²) in [5, 5.41) is 3.24. The summed E-state index contributed by atoms with van der Waals surface area (Å²) in [6.07, 6.45) is 8.37. The molecule has 1 aliphatic carbocycles. The van der Waals surface area contributed by atoms with E-state index in [9.17, 15) is 4.79 Å². The molecule has 0 amide bonds. The minimum Gasteiger partial charge on any atom is -0.365 e. The molecule has 2 atom stereocenters. The number of nitrogens with two attached hydrogens (primary N) is 1. The highest BCUT2D eigenvalue weighted by Gasteiger charge is 2.24. The molecule has 2 unspecified atom stereocenters. The highest BCUT2D eigenvalue weighted by atomic mass is 16.1. The van der Waals surface area contributed by atoms with Crippen molar-refractivity contribution in [1.29, 1.82) is 0 Å². The Labute approximate surface area is 120 Å². The Morgan fingerprint density at radius 1 is 1.40 bits per heavy atom. The lowest BCUT2D eigenvalue weighted by Crippen LogP contribution is -2.33. The number of anilines is 1. The van der Waals surface area contributed by atoms with Crippen molar-refractivity contribution in [3.05, 3.63) is 22.7 Å². The van der Waals surface area contributed by atoms with Gasteiger partial charge in [-0.3, -0.25) is 4.79 Å². The zero-order chi connectivity index (χ0) is 14.5. The molecule has 0 spiro atoms. The molecule has 20 heavy (non-hydrogen) atoms. The molecular weight excluding hydrogens is 252 g/mol. The van der Waals surface area contributed by atoms with Crippen molar-refractivity contribution >= 4 is 5.82 Å². The molecule has 0 aromatic carbocycles. The predicted molar refractivity (Wildman–Crippen MR) is 81.9 cm³/mol. The second-order valence-corrected chi connectivity index (χ2v) is 6.00. The summed E-state index contributed by atoms with van der Waals surface area (Å²) in [7, 11) is 0. The van der Waals surface area contributed by atoms with Gasteiger partial charge in [-0.1, -0.05) is 12.8 Å². The van der Waals surface area contributed by atoms with Crippen molar-refractivity contribution in [2.45, 2.75) is 45.6 Å². The van der Waals surface area contributed by atoms with Crippen LogP contribution in [0.1, 0.15) is 45.6 Å². The predicted octanol–water partition coefficient (Wildman–Crippen LogP) is 2.00. The number of hydrogen-bond donors (Lipinski definition) is 2. The Bertz CT molecular complexity index is 483.